The number of amides is 2. The van der Waals surface area contributed by atoms with E-state index in [0.29, 0.717) is 9.99 Å². The van der Waals surface area contributed by atoms with E-state index in [-0.39, 0.29) is 22.2 Å². The molecule has 1 fully saturated rings. The number of nitrogens with two attached hydrogens (primary N) is 1. The number of allylic oxidation sites excluding steroid dienone is 1. The minimum absolute atomic E-state index is 0.146. The molecule has 3 heterocycles. The van der Waals surface area contributed by atoms with Gasteiger partial charge >= 0.3 is 5.97 Å². The van der Waals surface area contributed by atoms with Crippen LogP contribution in [0.25, 0.3) is 0 Å². The number of nitrogen functional groups attached to an aromatic ring is 1. The quantitative estimate of drug-likeness (QED) is 0.223. The fourth-order valence-corrected chi connectivity index (χ4v) is 5.51. The lowest BCUT2D eigenvalue weighted by atomic mass is 9.95. The number of fused-ring (bicyclic) bond motifs is 1. The van der Waals surface area contributed by atoms with Crippen molar-refractivity contribution in [2.24, 2.45) is 5.16 Å². The Morgan fingerprint density at radius 1 is 1.60 bits per heavy atom. The number of nitriles is 1. The molecule has 2 atom stereocenters. The van der Waals surface area contributed by atoms with Crippen LogP contribution in [0.5, 0.6) is 0 Å². The molecule has 0 aromatic carbocycles. The zero-order chi connectivity index (χ0) is 21.8. The first-order valence-electron chi connectivity index (χ1n) is 8.17. The first-order chi connectivity index (χ1) is 14.4. The summed E-state index contributed by atoms with van der Waals surface area (Å²) >= 11 is 3.40. The Bertz CT molecular complexity index is 1030. The number of hydrogen-bond acceptors (Lipinski definition) is 11. The highest BCUT2D eigenvalue weighted by Gasteiger charge is 2.54. The molecule has 0 aliphatic carbocycles. The molecule has 0 spiro atoms. The Kier molecular flexibility index (Phi) is 6.65. The molecule has 11 nitrogen and oxygen atoms in total. The summed E-state index contributed by atoms with van der Waals surface area (Å²) in [6.07, 6.45) is 1.21. The van der Waals surface area contributed by atoms with Gasteiger partial charge in [-0.05, 0) is 5.41 Å². The van der Waals surface area contributed by atoms with Crippen LogP contribution in [-0.4, -0.2) is 63.4 Å². The number of aromatic nitrogens is 1. The van der Waals surface area contributed by atoms with Crippen molar-refractivity contribution in [2.45, 2.75) is 12.1 Å². The van der Waals surface area contributed by atoms with Gasteiger partial charge in [-0.2, -0.15) is 5.26 Å². The molecular weight excluding hydrogens is 452 g/mol. The molecule has 3 rings (SSSR count). The second-order valence-corrected chi connectivity index (χ2v) is 8.82. The molecule has 2 aliphatic heterocycles. The highest BCUT2D eigenvalue weighted by Crippen LogP contribution is 2.44. The van der Waals surface area contributed by atoms with Gasteiger partial charge in [-0.15, -0.1) is 23.1 Å². The van der Waals surface area contributed by atoms with Gasteiger partial charge in [0, 0.05) is 17.2 Å². The number of nitrogens with zero attached hydrogens (tertiary/aromatic N) is 4. The number of thioether (sulfide) groups is 2. The minimum Gasteiger partial charge on any atom is -0.477 e. The van der Waals surface area contributed by atoms with Crippen LogP contribution in [0.15, 0.2) is 32.0 Å². The molecule has 2 unspecified atom stereocenters. The third-order valence-corrected chi connectivity index (χ3v) is 6.97. The number of carbonyl (C=O) groups is 3. The molecule has 2 aliphatic rings. The summed E-state index contributed by atoms with van der Waals surface area (Å²) < 4.78 is 0.392. The van der Waals surface area contributed by atoms with Crippen LogP contribution in [-0.2, 0) is 19.2 Å². The molecule has 2 amide bonds. The van der Waals surface area contributed by atoms with Gasteiger partial charge in [-0.1, -0.05) is 16.9 Å². The lowest BCUT2D eigenvalue weighted by molar-refractivity contribution is -0.153. The van der Waals surface area contributed by atoms with Crippen molar-refractivity contribution in [3.8, 4) is 6.07 Å². The maximum Gasteiger partial charge on any atom is 0.354 e. The number of anilines is 1. The molecular formula is C16H14N6O5S3. The summed E-state index contributed by atoms with van der Waals surface area (Å²) in [6.45, 7) is 0. The van der Waals surface area contributed by atoms with E-state index in [0.717, 1.165) is 28.0 Å². The van der Waals surface area contributed by atoms with Crippen LogP contribution in [0, 0.1) is 11.3 Å². The van der Waals surface area contributed by atoms with Gasteiger partial charge in [0.05, 0.1) is 16.3 Å². The van der Waals surface area contributed by atoms with Gasteiger partial charge in [-0.25, -0.2) is 9.78 Å². The highest BCUT2D eigenvalue weighted by atomic mass is 32.2. The van der Waals surface area contributed by atoms with E-state index >= 15 is 0 Å². The Balaban J connectivity index is 1.78. The van der Waals surface area contributed by atoms with E-state index in [9.17, 15) is 19.5 Å². The van der Waals surface area contributed by atoms with Gasteiger partial charge in [0.1, 0.15) is 18.8 Å². The number of thiazole rings is 1. The number of hydrogen-bond donors (Lipinski definition) is 3. The third kappa shape index (κ3) is 4.13. The number of carboxylic acid groups (broad SMARTS) is 1. The monoisotopic (exact) mass is 466 g/mol. The number of oxime groups is 1. The Labute approximate surface area is 182 Å². The zero-order valence-corrected chi connectivity index (χ0v) is 17.7. The predicted octanol–water partition coefficient (Wildman–Crippen LogP) is 0.542. The summed E-state index contributed by atoms with van der Waals surface area (Å²) in [6, 6.07) is 0.362. The highest BCUT2D eigenvalue weighted by molar-refractivity contribution is 8.23. The van der Waals surface area contributed by atoms with Gasteiger partial charge in [0.2, 0.25) is 0 Å². The van der Waals surface area contributed by atoms with Crippen molar-refractivity contribution >= 4 is 63.5 Å². The van der Waals surface area contributed by atoms with Crippen LogP contribution < -0.4 is 11.1 Å². The van der Waals surface area contributed by atoms with Crippen molar-refractivity contribution in [3.05, 3.63) is 32.5 Å². The molecule has 1 aromatic heterocycles. The van der Waals surface area contributed by atoms with Gasteiger partial charge in [-0.3, -0.25) is 14.5 Å². The maximum absolute atomic E-state index is 12.7. The van der Waals surface area contributed by atoms with E-state index in [2.05, 4.69) is 15.5 Å². The van der Waals surface area contributed by atoms with E-state index < -0.39 is 29.9 Å². The summed E-state index contributed by atoms with van der Waals surface area (Å²) in [4.78, 5) is 46.9. The van der Waals surface area contributed by atoms with Crippen molar-refractivity contribution in [1.82, 2.24) is 15.2 Å². The lowest BCUT2D eigenvalue weighted by Gasteiger charge is -2.49. The molecule has 0 radical (unpaired) electrons. The molecule has 156 valence electrons. The Morgan fingerprint density at radius 2 is 2.37 bits per heavy atom. The van der Waals surface area contributed by atoms with E-state index in [1.165, 1.54) is 35.7 Å². The second-order valence-electron chi connectivity index (χ2n) is 5.72. The normalized spacial score (nSPS) is 21.1. The van der Waals surface area contributed by atoms with Gasteiger partial charge in [0.25, 0.3) is 11.8 Å². The summed E-state index contributed by atoms with van der Waals surface area (Å²) in [5.74, 6) is -2.14. The van der Waals surface area contributed by atoms with E-state index in [4.69, 9.17) is 15.8 Å². The topological polar surface area (TPSA) is 171 Å². The van der Waals surface area contributed by atoms with Crippen LogP contribution in [0.3, 0.4) is 0 Å². The van der Waals surface area contributed by atoms with Gasteiger partial charge in [0.15, 0.2) is 16.5 Å². The van der Waals surface area contributed by atoms with E-state index in [1.807, 2.05) is 6.07 Å². The van der Waals surface area contributed by atoms with Crippen molar-refractivity contribution in [1.29, 1.82) is 5.26 Å². The standard InChI is InChI=1S/C16H14N6O5S3/c1-27-21-9(7-5-30-16(18)19-7)12(23)20-10-8-6-29-15(28-4-2-3-17)11(14(25)26)22(8)13(10)24/h2,4-5,8,10H,6H2,1H3,(H2,18,19)(H,20,23)(H,25,26). The molecule has 0 saturated carbocycles. The SMILES string of the molecule is CON=C(C(=O)NC1C(=O)N2C(C(=O)O)=C(SC=CC#N)SCC12)c1csc(N)n1. The number of aliphatic carboxylic acids is 1. The number of rotatable bonds is 7. The van der Waals surface area contributed by atoms with Crippen LogP contribution in [0.4, 0.5) is 5.13 Å². The average molecular weight is 467 g/mol. The number of carboxylic acids is 1. The average Bonchev–Trinajstić information content (AvgIpc) is 3.15. The van der Waals surface area contributed by atoms with E-state index in [1.54, 1.807) is 0 Å². The van der Waals surface area contributed by atoms with Crippen molar-refractivity contribution < 1.29 is 24.3 Å². The largest absolute Gasteiger partial charge is 0.477 e. The molecule has 14 heteroatoms. The molecule has 30 heavy (non-hydrogen) atoms. The lowest BCUT2D eigenvalue weighted by Crippen LogP contribution is -2.72. The van der Waals surface area contributed by atoms with Crippen molar-refractivity contribution in [3.63, 3.8) is 0 Å². The first kappa shape index (κ1) is 21.7. The fourth-order valence-electron chi connectivity index (χ4n) is 2.79. The molecule has 1 aromatic rings. The van der Waals surface area contributed by atoms with Crippen LogP contribution in [0.2, 0.25) is 0 Å². The number of carbonyl (C=O) groups excluding carboxylic acids is 2. The number of β-lactam (4-membered cyclic amide) rings is 1. The van der Waals surface area contributed by atoms with Crippen LogP contribution >= 0.6 is 34.9 Å². The zero-order valence-electron chi connectivity index (χ0n) is 15.3. The number of nitrogens with one attached hydrogen (secondary N) is 1. The summed E-state index contributed by atoms with van der Waals surface area (Å²) in [5.41, 5.74) is 5.48. The maximum atomic E-state index is 12.7. The molecule has 0 bridgehead atoms. The van der Waals surface area contributed by atoms with Crippen molar-refractivity contribution in [2.75, 3.05) is 18.6 Å². The molecule has 4 N–H and O–H groups in total. The first-order valence-corrected chi connectivity index (χ1v) is 10.9. The van der Waals surface area contributed by atoms with Crippen LogP contribution in [0.1, 0.15) is 5.69 Å². The fraction of sp³-hybridized carbons (Fsp3) is 0.250. The Morgan fingerprint density at radius 3 is 2.97 bits per heavy atom. The minimum atomic E-state index is -1.27. The summed E-state index contributed by atoms with van der Waals surface area (Å²) in [7, 11) is 1.26. The smallest absolute Gasteiger partial charge is 0.354 e. The second kappa shape index (κ2) is 9.20. The molecule has 1 saturated heterocycles. The summed E-state index contributed by atoms with van der Waals surface area (Å²) in [5, 5.41) is 27.6. The Hall–Kier alpha value is -3.02. The predicted molar refractivity (Wildman–Crippen MR) is 112 cm³/mol. The van der Waals surface area contributed by atoms with Gasteiger partial charge < -0.3 is 21.0 Å². The third-order valence-electron chi connectivity index (χ3n) is 4.01.